The van der Waals surface area contributed by atoms with Crippen molar-refractivity contribution >= 4 is 33.4 Å². The second-order valence-electron chi connectivity index (χ2n) is 10.1. The van der Waals surface area contributed by atoms with Gasteiger partial charge in [0.2, 0.25) is 0 Å². The predicted octanol–water partition coefficient (Wildman–Crippen LogP) is 2.89. The van der Waals surface area contributed by atoms with Crippen LogP contribution in [0.2, 0.25) is 0 Å². The Kier molecular flexibility index (Phi) is 5.62. The minimum absolute atomic E-state index is 0.0521. The quantitative estimate of drug-likeness (QED) is 0.589. The molecule has 0 spiro atoms. The number of carbonyl (C=O) groups excluding carboxylic acids is 1. The molecular formula is C24H30N6O4S. The molecule has 1 amide bonds. The molecule has 0 aliphatic carbocycles. The van der Waals surface area contributed by atoms with Crippen LogP contribution in [0.4, 0.5) is 16.4 Å². The first-order chi connectivity index (χ1) is 16.5. The van der Waals surface area contributed by atoms with Gasteiger partial charge in [-0.1, -0.05) is 17.7 Å². The van der Waals surface area contributed by atoms with Gasteiger partial charge in [0, 0.05) is 26.1 Å². The first-order valence-corrected chi connectivity index (χ1v) is 13.2. The number of imidazole rings is 1. The van der Waals surface area contributed by atoms with Crippen LogP contribution >= 0.6 is 0 Å². The number of anilines is 2. The minimum Gasteiger partial charge on any atom is -0.444 e. The molecule has 11 heteroatoms. The second kappa shape index (κ2) is 8.40. The Hall–Kier alpha value is -3.34. The van der Waals surface area contributed by atoms with Crippen molar-refractivity contribution in [1.29, 1.82) is 0 Å². The topological polar surface area (TPSA) is 109 Å². The van der Waals surface area contributed by atoms with E-state index in [0.717, 1.165) is 30.0 Å². The third-order valence-electron chi connectivity index (χ3n) is 6.23. The molecule has 0 bridgehead atoms. The maximum atomic E-state index is 13.4. The number of hydrogen-bond donors (Lipinski definition) is 1. The third kappa shape index (κ3) is 4.40. The van der Waals surface area contributed by atoms with E-state index in [4.69, 9.17) is 4.74 Å². The molecule has 1 unspecified atom stereocenters. The van der Waals surface area contributed by atoms with Gasteiger partial charge < -0.3 is 15.0 Å². The lowest BCUT2D eigenvalue weighted by Gasteiger charge is -2.22. The fourth-order valence-electron chi connectivity index (χ4n) is 4.62. The molecule has 2 aromatic heterocycles. The molecule has 2 aliphatic rings. The molecule has 10 nitrogen and oxygen atoms in total. The van der Waals surface area contributed by atoms with Crippen LogP contribution in [-0.4, -0.2) is 60.2 Å². The van der Waals surface area contributed by atoms with Gasteiger partial charge in [-0.2, -0.15) is 0 Å². The van der Waals surface area contributed by atoms with E-state index in [9.17, 15) is 13.2 Å². The van der Waals surface area contributed by atoms with Crippen molar-refractivity contribution in [2.24, 2.45) is 0 Å². The molecule has 1 saturated heterocycles. The summed E-state index contributed by atoms with van der Waals surface area (Å²) < 4.78 is 35.5. The van der Waals surface area contributed by atoms with Crippen LogP contribution in [0.15, 0.2) is 41.6 Å². The summed E-state index contributed by atoms with van der Waals surface area (Å²) in [4.78, 5) is 23.6. The highest BCUT2D eigenvalue weighted by atomic mass is 32.2. The van der Waals surface area contributed by atoms with Crippen molar-refractivity contribution in [3.05, 3.63) is 47.9 Å². The summed E-state index contributed by atoms with van der Waals surface area (Å²) in [5, 5.41) is 2.94. The molecule has 3 aromatic rings. The lowest BCUT2D eigenvalue weighted by atomic mass is 10.2. The zero-order valence-corrected chi connectivity index (χ0v) is 21.2. The van der Waals surface area contributed by atoms with Crippen LogP contribution < -0.4 is 14.5 Å². The van der Waals surface area contributed by atoms with Gasteiger partial charge in [-0.05, 0) is 46.2 Å². The number of sulfonamides is 1. The lowest BCUT2D eigenvalue weighted by molar-refractivity contribution is 0.0509. The SMILES string of the molecule is Cc1ccc(S(=O)(=O)N2CCc3c2ncc2ncc(N4CCC(NC(=O)OC(C)(C)C)C4)n32)cc1. The van der Waals surface area contributed by atoms with Crippen molar-refractivity contribution in [3.8, 4) is 0 Å². The fraction of sp³-hybridized carbons (Fsp3) is 0.458. The summed E-state index contributed by atoms with van der Waals surface area (Å²) in [7, 11) is -3.73. The molecule has 1 aromatic carbocycles. The van der Waals surface area contributed by atoms with E-state index in [1.54, 1.807) is 36.7 Å². The van der Waals surface area contributed by atoms with Gasteiger partial charge in [0.05, 0.1) is 29.0 Å². The molecule has 1 fully saturated rings. The van der Waals surface area contributed by atoms with E-state index >= 15 is 0 Å². The van der Waals surface area contributed by atoms with E-state index in [1.165, 1.54) is 4.31 Å². The number of nitrogens with one attached hydrogen (secondary N) is 1. The number of hydrogen-bond acceptors (Lipinski definition) is 7. The number of aromatic nitrogens is 3. The number of ether oxygens (including phenoxy) is 1. The predicted molar refractivity (Wildman–Crippen MR) is 132 cm³/mol. The first kappa shape index (κ1) is 23.4. The molecule has 186 valence electrons. The van der Waals surface area contributed by atoms with Crippen molar-refractivity contribution < 1.29 is 17.9 Å². The van der Waals surface area contributed by atoms with Crippen molar-refractivity contribution in [2.45, 2.75) is 57.1 Å². The smallest absolute Gasteiger partial charge is 0.407 e. The van der Waals surface area contributed by atoms with Crippen LogP contribution in [-0.2, 0) is 21.2 Å². The average Bonchev–Trinajstić information content (AvgIpc) is 3.49. The number of rotatable bonds is 4. The van der Waals surface area contributed by atoms with Gasteiger partial charge >= 0.3 is 6.09 Å². The monoisotopic (exact) mass is 498 g/mol. The molecule has 35 heavy (non-hydrogen) atoms. The Morgan fingerprint density at radius 2 is 1.86 bits per heavy atom. The minimum atomic E-state index is -3.73. The molecule has 0 saturated carbocycles. The largest absolute Gasteiger partial charge is 0.444 e. The molecule has 1 N–H and O–H groups in total. The highest BCUT2D eigenvalue weighted by Crippen LogP contribution is 2.34. The van der Waals surface area contributed by atoms with Crippen molar-refractivity contribution in [1.82, 2.24) is 19.7 Å². The Labute approximate surface area is 205 Å². The number of nitrogens with zero attached hydrogens (tertiary/aromatic N) is 5. The van der Waals surface area contributed by atoms with E-state index < -0.39 is 21.7 Å². The zero-order chi connectivity index (χ0) is 25.0. The normalized spacial score (nSPS) is 18.2. The van der Waals surface area contributed by atoms with Gasteiger partial charge in [0.25, 0.3) is 10.0 Å². The molecule has 4 heterocycles. The summed E-state index contributed by atoms with van der Waals surface area (Å²) in [5.41, 5.74) is 1.92. The van der Waals surface area contributed by atoms with Crippen LogP contribution in [0.5, 0.6) is 0 Å². The average molecular weight is 499 g/mol. The van der Waals surface area contributed by atoms with E-state index in [0.29, 0.717) is 31.0 Å². The van der Waals surface area contributed by atoms with Crippen molar-refractivity contribution in [3.63, 3.8) is 0 Å². The Morgan fingerprint density at radius 1 is 1.11 bits per heavy atom. The third-order valence-corrected chi connectivity index (χ3v) is 8.03. The number of fused-ring (bicyclic) bond motifs is 3. The lowest BCUT2D eigenvalue weighted by Crippen LogP contribution is -2.40. The summed E-state index contributed by atoms with van der Waals surface area (Å²) in [6, 6.07) is 6.80. The van der Waals surface area contributed by atoms with Gasteiger partial charge in [-0.15, -0.1) is 0 Å². The standard InChI is InChI=1S/C24H30N6O4S/c1-16-5-7-18(8-6-16)35(32,33)29-12-10-19-22(29)26-13-20-25-14-21(30(19)20)28-11-9-17(15-28)27-23(31)34-24(2,3)4/h5-8,13-14,17H,9-12,15H2,1-4H3,(H,27,31). The van der Waals surface area contributed by atoms with Gasteiger partial charge in [-0.3, -0.25) is 4.40 Å². The highest BCUT2D eigenvalue weighted by molar-refractivity contribution is 7.92. The van der Waals surface area contributed by atoms with Crippen molar-refractivity contribution in [2.75, 3.05) is 28.8 Å². The first-order valence-electron chi connectivity index (χ1n) is 11.7. The van der Waals surface area contributed by atoms with Crippen LogP contribution in [0, 0.1) is 6.92 Å². The maximum Gasteiger partial charge on any atom is 0.407 e. The Balaban J connectivity index is 1.41. The van der Waals surface area contributed by atoms with Gasteiger partial charge in [-0.25, -0.2) is 27.5 Å². The molecule has 5 rings (SSSR count). The van der Waals surface area contributed by atoms with Crippen LogP contribution in [0.1, 0.15) is 38.4 Å². The maximum absolute atomic E-state index is 13.4. The van der Waals surface area contributed by atoms with Crippen LogP contribution in [0.25, 0.3) is 5.65 Å². The van der Waals surface area contributed by atoms with E-state index in [1.807, 2.05) is 32.1 Å². The highest BCUT2D eigenvalue weighted by Gasteiger charge is 2.35. The summed E-state index contributed by atoms with van der Waals surface area (Å²) in [6.45, 7) is 9.09. The van der Waals surface area contributed by atoms with Gasteiger partial charge in [0.15, 0.2) is 11.5 Å². The number of alkyl carbamates (subject to hydrolysis) is 1. The fourth-order valence-corrected chi connectivity index (χ4v) is 6.06. The number of benzene rings is 1. The summed E-state index contributed by atoms with van der Waals surface area (Å²) in [6.07, 6.45) is 4.27. The summed E-state index contributed by atoms with van der Waals surface area (Å²) in [5.74, 6) is 1.29. The Morgan fingerprint density at radius 3 is 2.57 bits per heavy atom. The molecular weight excluding hydrogens is 468 g/mol. The number of carbonyl (C=O) groups is 1. The van der Waals surface area contributed by atoms with Gasteiger partial charge in [0.1, 0.15) is 11.4 Å². The Bertz CT molecular complexity index is 1380. The number of aryl methyl sites for hydroxylation is 1. The molecule has 2 aliphatic heterocycles. The molecule has 1 atom stereocenters. The number of amides is 1. The van der Waals surface area contributed by atoms with E-state index in [2.05, 4.69) is 20.2 Å². The molecule has 0 radical (unpaired) electrons. The zero-order valence-electron chi connectivity index (χ0n) is 20.4. The van der Waals surface area contributed by atoms with Crippen LogP contribution in [0.3, 0.4) is 0 Å². The second-order valence-corrected chi connectivity index (χ2v) is 11.9. The summed E-state index contributed by atoms with van der Waals surface area (Å²) >= 11 is 0. The van der Waals surface area contributed by atoms with E-state index in [-0.39, 0.29) is 10.9 Å².